The number of carbonyl (C=O) groups is 2. The van der Waals surface area contributed by atoms with Crippen molar-refractivity contribution in [1.29, 1.82) is 0 Å². The van der Waals surface area contributed by atoms with Crippen LogP contribution in [-0.4, -0.2) is 26.9 Å². The van der Waals surface area contributed by atoms with E-state index < -0.39 is 39.0 Å². The van der Waals surface area contributed by atoms with Crippen molar-refractivity contribution in [1.82, 2.24) is 4.72 Å². The summed E-state index contributed by atoms with van der Waals surface area (Å²) >= 11 is 5.61. The van der Waals surface area contributed by atoms with Gasteiger partial charge in [-0.2, -0.15) is 0 Å². The van der Waals surface area contributed by atoms with Crippen molar-refractivity contribution in [3.63, 3.8) is 0 Å². The predicted molar refractivity (Wildman–Crippen MR) is 56.0 cm³/mol. The zero-order chi connectivity index (χ0) is 13.9. The molecule has 0 aliphatic carbocycles. The number of sulfonamides is 1. The van der Waals surface area contributed by atoms with E-state index in [9.17, 15) is 28.2 Å². The lowest BCUT2D eigenvalue weighted by molar-refractivity contribution is -0.303. The second kappa shape index (κ2) is 5.34. The van der Waals surface area contributed by atoms with Gasteiger partial charge in [0, 0.05) is 0 Å². The SMILES string of the molecule is O=C([O-])CNS(=O)(=O)c1cc(C(=O)[O-])ccc1Cl. The number of hydrogen-bond donors (Lipinski definition) is 1. The number of carboxylic acids is 2. The molecule has 0 saturated carbocycles. The highest BCUT2D eigenvalue weighted by molar-refractivity contribution is 7.89. The largest absolute Gasteiger partial charge is 0.549 e. The van der Waals surface area contributed by atoms with Gasteiger partial charge in [0.05, 0.1) is 23.5 Å². The summed E-state index contributed by atoms with van der Waals surface area (Å²) < 4.78 is 25.0. The number of halogens is 1. The van der Waals surface area contributed by atoms with E-state index in [0.29, 0.717) is 0 Å². The highest BCUT2D eigenvalue weighted by Gasteiger charge is 2.18. The second-order valence-electron chi connectivity index (χ2n) is 3.13. The van der Waals surface area contributed by atoms with Crippen molar-refractivity contribution in [3.8, 4) is 0 Å². The van der Waals surface area contributed by atoms with Gasteiger partial charge in [0.15, 0.2) is 0 Å². The number of rotatable bonds is 5. The van der Waals surface area contributed by atoms with E-state index in [-0.39, 0.29) is 5.02 Å². The maximum Gasteiger partial charge on any atom is 0.242 e. The van der Waals surface area contributed by atoms with Crippen molar-refractivity contribution < 1.29 is 28.2 Å². The van der Waals surface area contributed by atoms with Crippen LogP contribution in [0.3, 0.4) is 0 Å². The van der Waals surface area contributed by atoms with Crippen LogP contribution in [0.2, 0.25) is 5.02 Å². The molecule has 0 amide bonds. The van der Waals surface area contributed by atoms with Crippen LogP contribution in [0.25, 0.3) is 0 Å². The van der Waals surface area contributed by atoms with Gasteiger partial charge in [-0.15, -0.1) is 0 Å². The van der Waals surface area contributed by atoms with Gasteiger partial charge >= 0.3 is 0 Å². The molecule has 0 atom stereocenters. The maximum atomic E-state index is 11.6. The molecule has 0 spiro atoms. The maximum absolute atomic E-state index is 11.6. The summed E-state index contributed by atoms with van der Waals surface area (Å²) in [7, 11) is -4.24. The molecular weight excluding hydrogens is 286 g/mol. The Bertz CT molecular complexity index is 597. The Hall–Kier alpha value is -1.64. The molecule has 0 saturated heterocycles. The lowest BCUT2D eigenvalue weighted by Gasteiger charge is -2.10. The van der Waals surface area contributed by atoms with E-state index in [1.165, 1.54) is 0 Å². The Balaban J connectivity index is 3.18. The molecule has 0 radical (unpaired) electrons. The topological polar surface area (TPSA) is 126 Å². The summed E-state index contributed by atoms with van der Waals surface area (Å²) in [6.07, 6.45) is 0. The van der Waals surface area contributed by atoms with Crippen LogP contribution in [0.15, 0.2) is 23.1 Å². The van der Waals surface area contributed by atoms with Crippen molar-refractivity contribution in [2.45, 2.75) is 4.90 Å². The van der Waals surface area contributed by atoms with Gasteiger partial charge in [-0.25, -0.2) is 13.1 Å². The highest BCUT2D eigenvalue weighted by atomic mass is 35.5. The third-order valence-corrected chi connectivity index (χ3v) is 3.75. The third-order valence-electron chi connectivity index (χ3n) is 1.86. The molecule has 1 aromatic carbocycles. The number of carboxylic acid groups (broad SMARTS) is 2. The molecular formula is C9H6ClNO6S-2. The molecule has 18 heavy (non-hydrogen) atoms. The van der Waals surface area contributed by atoms with Gasteiger partial charge in [0.1, 0.15) is 4.90 Å². The number of aliphatic carboxylic acids is 1. The molecule has 0 fully saturated rings. The smallest absolute Gasteiger partial charge is 0.242 e. The standard InChI is InChI=1S/C9H8ClNO6S/c10-6-2-1-5(9(14)15)3-7(6)18(16,17)11-4-8(12)13/h1-3,11H,4H2,(H,12,13)(H,14,15)/p-2. The zero-order valence-electron chi connectivity index (χ0n) is 8.67. The Kier molecular flexibility index (Phi) is 4.28. The monoisotopic (exact) mass is 291 g/mol. The fourth-order valence-corrected chi connectivity index (χ4v) is 2.56. The van der Waals surface area contributed by atoms with E-state index in [0.717, 1.165) is 18.2 Å². The quantitative estimate of drug-likeness (QED) is 0.652. The normalized spacial score (nSPS) is 11.2. The van der Waals surface area contributed by atoms with E-state index in [1.807, 2.05) is 0 Å². The lowest BCUT2D eigenvalue weighted by atomic mass is 10.2. The number of carbonyl (C=O) groups excluding carboxylic acids is 2. The molecule has 9 heteroatoms. The molecule has 1 rings (SSSR count). The molecule has 0 unspecified atom stereocenters. The molecule has 1 aromatic rings. The van der Waals surface area contributed by atoms with Crippen LogP contribution in [0.1, 0.15) is 10.4 Å². The summed E-state index contributed by atoms with van der Waals surface area (Å²) in [6, 6.07) is 2.89. The van der Waals surface area contributed by atoms with Crippen LogP contribution in [-0.2, 0) is 14.8 Å². The predicted octanol–water partition coefficient (Wildman–Crippen LogP) is -2.27. The van der Waals surface area contributed by atoms with Gasteiger partial charge in [0.25, 0.3) is 0 Å². The average Bonchev–Trinajstić information content (AvgIpc) is 2.26. The lowest BCUT2D eigenvalue weighted by Crippen LogP contribution is -2.37. The van der Waals surface area contributed by atoms with Crippen molar-refractivity contribution >= 4 is 33.6 Å². The third kappa shape index (κ3) is 3.42. The van der Waals surface area contributed by atoms with Crippen molar-refractivity contribution in [3.05, 3.63) is 28.8 Å². The van der Waals surface area contributed by atoms with Crippen LogP contribution < -0.4 is 14.9 Å². The first kappa shape index (κ1) is 14.4. The Morgan fingerprint density at radius 2 is 1.89 bits per heavy atom. The van der Waals surface area contributed by atoms with Gasteiger partial charge in [-0.1, -0.05) is 17.7 Å². The number of nitrogens with one attached hydrogen (secondary N) is 1. The number of hydrogen-bond acceptors (Lipinski definition) is 6. The van der Waals surface area contributed by atoms with E-state index >= 15 is 0 Å². The van der Waals surface area contributed by atoms with Crippen molar-refractivity contribution in [2.75, 3.05) is 6.54 Å². The first-order valence-corrected chi connectivity index (χ1v) is 6.30. The summed E-state index contributed by atoms with van der Waals surface area (Å²) in [4.78, 5) is 20.2. The minimum Gasteiger partial charge on any atom is -0.549 e. The van der Waals surface area contributed by atoms with Crippen LogP contribution in [0.4, 0.5) is 0 Å². The summed E-state index contributed by atoms with van der Waals surface area (Å²) in [5, 5.41) is 20.5. The fraction of sp³-hybridized carbons (Fsp3) is 0.111. The van der Waals surface area contributed by atoms with Gasteiger partial charge in [0.2, 0.25) is 10.0 Å². The Morgan fingerprint density at radius 1 is 1.28 bits per heavy atom. The summed E-state index contributed by atoms with van der Waals surface area (Å²) in [5.74, 6) is -3.21. The molecule has 0 aliphatic rings. The molecule has 0 bridgehead atoms. The Labute approximate surface area is 107 Å². The summed E-state index contributed by atoms with van der Waals surface area (Å²) in [5.41, 5.74) is -0.395. The van der Waals surface area contributed by atoms with E-state index in [4.69, 9.17) is 11.6 Å². The number of benzene rings is 1. The van der Waals surface area contributed by atoms with Gasteiger partial charge in [-0.3, -0.25) is 0 Å². The first-order chi connectivity index (χ1) is 8.24. The minimum absolute atomic E-state index is 0.245. The van der Waals surface area contributed by atoms with E-state index in [1.54, 1.807) is 4.72 Å². The second-order valence-corrected chi connectivity index (χ2v) is 5.27. The van der Waals surface area contributed by atoms with Crippen LogP contribution >= 0.6 is 11.6 Å². The first-order valence-electron chi connectivity index (χ1n) is 4.44. The fourth-order valence-electron chi connectivity index (χ4n) is 1.07. The molecule has 0 heterocycles. The molecule has 0 aromatic heterocycles. The van der Waals surface area contributed by atoms with Crippen molar-refractivity contribution in [2.24, 2.45) is 0 Å². The molecule has 1 N–H and O–H groups in total. The Morgan fingerprint density at radius 3 is 2.39 bits per heavy atom. The minimum atomic E-state index is -4.24. The summed E-state index contributed by atoms with van der Waals surface area (Å²) in [6.45, 7) is -0.950. The average molecular weight is 292 g/mol. The van der Waals surface area contributed by atoms with Crippen LogP contribution in [0, 0.1) is 0 Å². The molecule has 98 valence electrons. The molecule has 0 aliphatic heterocycles. The number of aromatic carboxylic acids is 1. The van der Waals surface area contributed by atoms with Crippen LogP contribution in [0.5, 0.6) is 0 Å². The van der Waals surface area contributed by atoms with Gasteiger partial charge < -0.3 is 19.8 Å². The highest BCUT2D eigenvalue weighted by Crippen LogP contribution is 2.22. The zero-order valence-corrected chi connectivity index (χ0v) is 10.2. The van der Waals surface area contributed by atoms with E-state index in [2.05, 4.69) is 0 Å². The molecule has 7 nitrogen and oxygen atoms in total. The van der Waals surface area contributed by atoms with Gasteiger partial charge in [-0.05, 0) is 17.7 Å².